The Morgan fingerprint density at radius 2 is 1.69 bits per heavy atom. The number of hydrogen-bond donors (Lipinski definition) is 0. The zero-order valence-corrected chi connectivity index (χ0v) is 22.1. The number of halogens is 1. The maximum Gasteiger partial charge on any atom is 0.291 e. The van der Waals surface area contributed by atoms with Crippen molar-refractivity contribution in [2.45, 2.75) is 6.92 Å². The topological polar surface area (TPSA) is 83.5 Å². The second-order valence-corrected chi connectivity index (χ2v) is 9.80. The van der Waals surface area contributed by atoms with Gasteiger partial charge < -0.3 is 9.47 Å². The van der Waals surface area contributed by atoms with E-state index >= 15 is 0 Å². The number of hydrogen-bond acceptors (Lipinski definition) is 7. The molecule has 3 aromatic heterocycles. The predicted molar refractivity (Wildman–Crippen MR) is 148 cm³/mol. The van der Waals surface area contributed by atoms with Gasteiger partial charge in [-0.1, -0.05) is 41.7 Å². The number of methoxy groups -OCH3 is 2. The van der Waals surface area contributed by atoms with Gasteiger partial charge in [0.25, 0.3) is 5.56 Å². The zero-order valence-electron chi connectivity index (χ0n) is 21.3. The van der Waals surface area contributed by atoms with Crippen molar-refractivity contribution in [3.63, 3.8) is 0 Å². The first-order chi connectivity index (χ1) is 18.9. The summed E-state index contributed by atoms with van der Waals surface area (Å²) < 4.78 is 28.6. The minimum absolute atomic E-state index is 0.303. The van der Waals surface area contributed by atoms with Crippen LogP contribution in [0.15, 0.2) is 77.7 Å². The van der Waals surface area contributed by atoms with Crippen LogP contribution < -0.4 is 19.6 Å². The first-order valence-corrected chi connectivity index (χ1v) is 12.8. The lowest BCUT2D eigenvalue weighted by molar-refractivity contribution is 0.355. The Hall–Kier alpha value is -4.83. The Morgan fingerprint density at radius 3 is 2.41 bits per heavy atom. The molecule has 0 N–H and O–H groups in total. The summed E-state index contributed by atoms with van der Waals surface area (Å²) in [6, 6.07) is 19.9. The molecule has 3 heterocycles. The number of para-hydroxylation sites is 1. The van der Waals surface area contributed by atoms with E-state index in [1.165, 1.54) is 21.9 Å². The fourth-order valence-electron chi connectivity index (χ4n) is 4.24. The van der Waals surface area contributed by atoms with E-state index in [2.05, 4.69) is 10.1 Å². The summed E-state index contributed by atoms with van der Waals surface area (Å²) >= 11 is 1.22. The van der Waals surface area contributed by atoms with Crippen LogP contribution in [-0.2, 0) is 0 Å². The Labute approximate surface area is 226 Å². The van der Waals surface area contributed by atoms with Crippen LogP contribution in [0.4, 0.5) is 4.39 Å². The molecule has 6 rings (SSSR count). The van der Waals surface area contributed by atoms with Gasteiger partial charge in [-0.15, -0.1) is 5.10 Å². The van der Waals surface area contributed by atoms with E-state index in [1.807, 2.05) is 48.7 Å². The van der Waals surface area contributed by atoms with Crippen LogP contribution in [0.25, 0.3) is 39.4 Å². The molecule has 0 aliphatic heterocycles. The van der Waals surface area contributed by atoms with Gasteiger partial charge >= 0.3 is 0 Å². The maximum atomic E-state index is 14.5. The van der Waals surface area contributed by atoms with Crippen molar-refractivity contribution in [3.05, 3.63) is 105 Å². The summed E-state index contributed by atoms with van der Waals surface area (Å²) in [5.74, 6) is 1.21. The van der Waals surface area contributed by atoms with E-state index in [1.54, 1.807) is 50.1 Å². The third-order valence-corrected chi connectivity index (χ3v) is 7.28. The zero-order chi connectivity index (χ0) is 27.1. The van der Waals surface area contributed by atoms with Crippen molar-refractivity contribution in [2.24, 2.45) is 0 Å². The first kappa shape index (κ1) is 24.5. The molecule has 0 amide bonds. The van der Waals surface area contributed by atoms with Crippen LogP contribution in [0.5, 0.6) is 11.5 Å². The second kappa shape index (κ2) is 9.80. The number of ether oxygens (including phenoxy) is 2. The summed E-state index contributed by atoms with van der Waals surface area (Å²) in [5.41, 5.74) is 3.62. The lowest BCUT2D eigenvalue weighted by Crippen LogP contribution is -2.23. The number of aryl methyl sites for hydroxylation is 1. The van der Waals surface area contributed by atoms with Crippen molar-refractivity contribution < 1.29 is 13.9 Å². The molecule has 0 aliphatic rings. The lowest BCUT2D eigenvalue weighted by Gasteiger charge is -2.07. The summed E-state index contributed by atoms with van der Waals surface area (Å²) in [7, 11) is 3.12. The van der Waals surface area contributed by atoms with Gasteiger partial charge in [0, 0.05) is 22.9 Å². The molecule has 3 aromatic carbocycles. The van der Waals surface area contributed by atoms with Gasteiger partial charge in [-0.05, 0) is 55.0 Å². The van der Waals surface area contributed by atoms with Crippen molar-refractivity contribution >= 4 is 22.4 Å². The average molecular weight is 540 g/mol. The molecule has 6 aromatic rings. The third kappa shape index (κ3) is 4.44. The summed E-state index contributed by atoms with van der Waals surface area (Å²) in [5, 5.41) is 9.18. The highest BCUT2D eigenvalue weighted by molar-refractivity contribution is 7.15. The Morgan fingerprint density at radius 1 is 0.923 bits per heavy atom. The Bertz CT molecular complexity index is 1950. The van der Waals surface area contributed by atoms with Crippen molar-refractivity contribution in [1.82, 2.24) is 24.4 Å². The molecule has 194 valence electrons. The molecule has 0 saturated heterocycles. The van der Waals surface area contributed by atoms with Gasteiger partial charge in [-0.2, -0.15) is 14.6 Å². The number of benzene rings is 3. The van der Waals surface area contributed by atoms with Crippen molar-refractivity contribution in [3.8, 4) is 39.8 Å². The molecule has 39 heavy (non-hydrogen) atoms. The maximum absolute atomic E-state index is 14.5. The van der Waals surface area contributed by atoms with Crippen LogP contribution in [-0.4, -0.2) is 38.6 Å². The predicted octanol–water partition coefficient (Wildman–Crippen LogP) is 4.68. The molecule has 0 unspecified atom stereocenters. The number of thiazole rings is 1. The van der Waals surface area contributed by atoms with Crippen LogP contribution in [0.2, 0.25) is 0 Å². The monoisotopic (exact) mass is 539 g/mol. The third-order valence-electron chi connectivity index (χ3n) is 6.32. The number of rotatable bonds is 6. The normalized spacial score (nSPS) is 11.8. The number of nitrogens with zero attached hydrogens (tertiary/aromatic N) is 5. The lowest BCUT2D eigenvalue weighted by atomic mass is 10.1. The number of aromatic nitrogens is 5. The highest BCUT2D eigenvalue weighted by atomic mass is 32.1. The Kier molecular flexibility index (Phi) is 6.16. The van der Waals surface area contributed by atoms with Crippen molar-refractivity contribution in [2.75, 3.05) is 14.2 Å². The first-order valence-electron chi connectivity index (χ1n) is 12.0. The molecule has 0 aliphatic carbocycles. The average Bonchev–Trinajstić information content (AvgIpc) is 3.65. The minimum atomic E-state index is -0.321. The molecule has 0 fully saturated rings. The fraction of sp³-hybridized carbons (Fsp3) is 0.103. The van der Waals surface area contributed by atoms with Gasteiger partial charge in [0.2, 0.25) is 4.96 Å². The molecule has 0 bridgehead atoms. The van der Waals surface area contributed by atoms with Crippen molar-refractivity contribution in [1.29, 1.82) is 0 Å². The van der Waals surface area contributed by atoms with Gasteiger partial charge in [0.05, 0.1) is 24.4 Å². The summed E-state index contributed by atoms with van der Waals surface area (Å²) in [6.45, 7) is 1.71. The quantitative estimate of drug-likeness (QED) is 0.306. The smallest absolute Gasteiger partial charge is 0.291 e. The van der Waals surface area contributed by atoms with E-state index in [0.717, 1.165) is 5.69 Å². The van der Waals surface area contributed by atoms with Crippen LogP contribution in [0, 0.1) is 12.7 Å². The standard InChI is InChI=1S/C29H22FN5O3S/c1-17-9-10-18(13-22(17)30)26-20(16-34(32-26)21-7-5-4-6-8-21)15-25-28(36)35-29(39-25)31-27(33-35)19-11-12-23(37-2)24(14-19)38-3/h4-16H,1-3H3/b25-15-. The highest BCUT2D eigenvalue weighted by Crippen LogP contribution is 2.31. The number of fused-ring (bicyclic) bond motifs is 1. The SMILES string of the molecule is COc1ccc(-c2nc3s/c(=C\c4cn(-c5ccccc5)nc4-c4ccc(C)c(F)c4)c(=O)n3n2)cc1OC. The molecule has 0 atom stereocenters. The Balaban J connectivity index is 1.46. The molecule has 8 nitrogen and oxygen atoms in total. The molecular weight excluding hydrogens is 517 g/mol. The van der Waals surface area contributed by atoms with Gasteiger partial charge in [0.1, 0.15) is 11.5 Å². The van der Waals surface area contributed by atoms with Crippen LogP contribution >= 0.6 is 11.3 Å². The second-order valence-electron chi connectivity index (χ2n) is 8.79. The van der Waals surface area contributed by atoms with E-state index in [-0.39, 0.29) is 11.4 Å². The summed E-state index contributed by atoms with van der Waals surface area (Å²) in [4.78, 5) is 18.4. The van der Waals surface area contributed by atoms with Gasteiger partial charge in [0.15, 0.2) is 17.3 Å². The summed E-state index contributed by atoms with van der Waals surface area (Å²) in [6.07, 6.45) is 3.58. The molecule has 10 heteroatoms. The molecule has 0 spiro atoms. The molecular formula is C29H22FN5O3S. The van der Waals surface area contributed by atoms with E-state index in [0.29, 0.717) is 54.8 Å². The minimum Gasteiger partial charge on any atom is -0.493 e. The highest BCUT2D eigenvalue weighted by Gasteiger charge is 2.17. The van der Waals surface area contributed by atoms with E-state index in [4.69, 9.17) is 14.6 Å². The fourth-order valence-corrected chi connectivity index (χ4v) is 5.14. The van der Waals surface area contributed by atoms with Gasteiger partial charge in [-0.3, -0.25) is 4.79 Å². The van der Waals surface area contributed by atoms with Gasteiger partial charge in [-0.25, -0.2) is 9.07 Å². The molecule has 0 saturated carbocycles. The largest absolute Gasteiger partial charge is 0.493 e. The van der Waals surface area contributed by atoms with Crippen LogP contribution in [0.3, 0.4) is 0 Å². The van der Waals surface area contributed by atoms with Crippen LogP contribution in [0.1, 0.15) is 11.1 Å². The van der Waals surface area contributed by atoms with E-state index < -0.39 is 0 Å². The molecule has 0 radical (unpaired) electrons. The van der Waals surface area contributed by atoms with E-state index in [9.17, 15) is 9.18 Å².